The molecule has 1 heterocycles. The smallest absolute Gasteiger partial charge is 0.186 e. The standard InChI is InChI=1S/C8H18N4/c9-8(10)12-7-4-2-1-3-5-11-6-7/h7,11H,1-6H2,(H4,9,10,12). The van der Waals surface area contributed by atoms with Gasteiger partial charge in [0.1, 0.15) is 0 Å². The van der Waals surface area contributed by atoms with Crippen LogP contribution in [0.4, 0.5) is 0 Å². The summed E-state index contributed by atoms with van der Waals surface area (Å²) in [6, 6.07) is 0.287. The van der Waals surface area contributed by atoms with Gasteiger partial charge in [0.15, 0.2) is 5.96 Å². The first kappa shape index (κ1) is 9.32. The van der Waals surface area contributed by atoms with E-state index < -0.39 is 0 Å². The van der Waals surface area contributed by atoms with Crippen LogP contribution in [0.3, 0.4) is 0 Å². The number of rotatable bonds is 1. The molecule has 0 saturated carbocycles. The number of guanidine groups is 1. The minimum absolute atomic E-state index is 0.211. The number of aliphatic imine (C=N–C) groups is 1. The summed E-state index contributed by atoms with van der Waals surface area (Å²) in [7, 11) is 0. The fraction of sp³-hybridized carbons (Fsp3) is 0.875. The van der Waals surface area contributed by atoms with Crippen molar-refractivity contribution < 1.29 is 0 Å². The summed E-state index contributed by atoms with van der Waals surface area (Å²) in [6.45, 7) is 2.01. The molecular formula is C8H18N4. The Balaban J connectivity index is 2.34. The Labute approximate surface area is 73.4 Å². The van der Waals surface area contributed by atoms with E-state index >= 15 is 0 Å². The molecule has 4 nitrogen and oxygen atoms in total. The molecule has 0 spiro atoms. The van der Waals surface area contributed by atoms with E-state index in [1.165, 1.54) is 19.3 Å². The van der Waals surface area contributed by atoms with Crippen molar-refractivity contribution in [3.05, 3.63) is 0 Å². The van der Waals surface area contributed by atoms with Crippen LogP contribution >= 0.6 is 0 Å². The van der Waals surface area contributed by atoms with Gasteiger partial charge in [0, 0.05) is 6.54 Å². The third kappa shape index (κ3) is 3.57. The third-order valence-electron chi connectivity index (χ3n) is 2.10. The molecule has 1 aliphatic heterocycles. The molecule has 1 rings (SSSR count). The highest BCUT2D eigenvalue weighted by Gasteiger charge is 2.08. The van der Waals surface area contributed by atoms with E-state index in [2.05, 4.69) is 10.3 Å². The largest absolute Gasteiger partial charge is 0.370 e. The van der Waals surface area contributed by atoms with Gasteiger partial charge in [-0.3, -0.25) is 0 Å². The van der Waals surface area contributed by atoms with Crippen LogP contribution in [0.5, 0.6) is 0 Å². The Hall–Kier alpha value is -0.770. The number of nitrogens with two attached hydrogens (primary N) is 2. The van der Waals surface area contributed by atoms with E-state index in [0.29, 0.717) is 0 Å². The van der Waals surface area contributed by atoms with Crippen molar-refractivity contribution in [2.45, 2.75) is 31.7 Å². The van der Waals surface area contributed by atoms with Gasteiger partial charge in [-0.15, -0.1) is 0 Å². The van der Waals surface area contributed by atoms with Gasteiger partial charge >= 0.3 is 0 Å². The topological polar surface area (TPSA) is 76.4 Å². The summed E-state index contributed by atoms with van der Waals surface area (Å²) in [5.41, 5.74) is 10.6. The molecular weight excluding hydrogens is 152 g/mol. The quantitative estimate of drug-likeness (QED) is 0.376. The molecule has 12 heavy (non-hydrogen) atoms. The number of hydrogen-bond donors (Lipinski definition) is 3. The van der Waals surface area contributed by atoms with E-state index in [1.807, 2.05) is 0 Å². The highest BCUT2D eigenvalue weighted by Crippen LogP contribution is 2.08. The van der Waals surface area contributed by atoms with E-state index in [4.69, 9.17) is 11.5 Å². The Morgan fingerprint density at radius 1 is 1.25 bits per heavy atom. The van der Waals surface area contributed by atoms with E-state index in [0.717, 1.165) is 19.5 Å². The van der Waals surface area contributed by atoms with Gasteiger partial charge in [0.2, 0.25) is 0 Å². The number of nitrogens with zero attached hydrogens (tertiary/aromatic N) is 1. The minimum atomic E-state index is 0.211. The number of hydrogen-bond acceptors (Lipinski definition) is 2. The van der Waals surface area contributed by atoms with Crippen molar-refractivity contribution in [1.82, 2.24) is 5.32 Å². The van der Waals surface area contributed by atoms with Crippen LogP contribution in [-0.4, -0.2) is 25.1 Å². The van der Waals surface area contributed by atoms with Crippen LogP contribution in [0, 0.1) is 0 Å². The van der Waals surface area contributed by atoms with Gasteiger partial charge in [0.05, 0.1) is 6.04 Å². The predicted molar refractivity (Wildman–Crippen MR) is 50.9 cm³/mol. The maximum absolute atomic E-state index is 5.31. The molecule has 0 aromatic heterocycles. The summed E-state index contributed by atoms with van der Waals surface area (Å²) in [5, 5.41) is 3.32. The molecule has 1 unspecified atom stereocenters. The average molecular weight is 170 g/mol. The van der Waals surface area contributed by atoms with Crippen LogP contribution in [-0.2, 0) is 0 Å². The van der Waals surface area contributed by atoms with Crippen molar-refractivity contribution in [3.63, 3.8) is 0 Å². The second kappa shape index (κ2) is 4.98. The lowest BCUT2D eigenvalue weighted by atomic mass is 10.1. The second-order valence-electron chi connectivity index (χ2n) is 3.26. The fourth-order valence-corrected chi connectivity index (χ4v) is 1.50. The molecule has 70 valence electrons. The van der Waals surface area contributed by atoms with Gasteiger partial charge in [-0.2, -0.15) is 0 Å². The van der Waals surface area contributed by atoms with Gasteiger partial charge in [-0.1, -0.05) is 12.8 Å². The highest BCUT2D eigenvalue weighted by molar-refractivity contribution is 5.75. The summed E-state index contributed by atoms with van der Waals surface area (Å²) < 4.78 is 0. The predicted octanol–water partition coefficient (Wildman–Crippen LogP) is -0.208. The summed E-state index contributed by atoms with van der Waals surface area (Å²) in [4.78, 5) is 4.15. The van der Waals surface area contributed by atoms with Crippen molar-refractivity contribution in [2.24, 2.45) is 16.5 Å². The lowest BCUT2D eigenvalue weighted by molar-refractivity contribution is 0.468. The van der Waals surface area contributed by atoms with E-state index in [9.17, 15) is 0 Å². The third-order valence-corrected chi connectivity index (χ3v) is 2.10. The van der Waals surface area contributed by atoms with Crippen molar-refractivity contribution in [2.75, 3.05) is 13.1 Å². The first-order valence-corrected chi connectivity index (χ1v) is 4.58. The van der Waals surface area contributed by atoms with Gasteiger partial charge < -0.3 is 16.8 Å². The molecule has 1 saturated heterocycles. The molecule has 0 aromatic rings. The second-order valence-corrected chi connectivity index (χ2v) is 3.26. The molecule has 0 bridgehead atoms. The zero-order valence-electron chi connectivity index (χ0n) is 7.42. The molecule has 0 aliphatic carbocycles. The van der Waals surface area contributed by atoms with E-state index in [-0.39, 0.29) is 12.0 Å². The Morgan fingerprint density at radius 2 is 2.08 bits per heavy atom. The maximum atomic E-state index is 5.31. The molecule has 4 heteroatoms. The molecule has 1 atom stereocenters. The van der Waals surface area contributed by atoms with Gasteiger partial charge in [-0.25, -0.2) is 4.99 Å². The van der Waals surface area contributed by atoms with Crippen LogP contribution in [0.15, 0.2) is 4.99 Å². The SMILES string of the molecule is NC(N)=NC1CCCCCNC1. The molecule has 0 radical (unpaired) electrons. The Morgan fingerprint density at radius 3 is 2.83 bits per heavy atom. The lowest BCUT2D eigenvalue weighted by Crippen LogP contribution is -2.32. The zero-order valence-corrected chi connectivity index (χ0v) is 7.42. The van der Waals surface area contributed by atoms with Gasteiger partial charge in [0.25, 0.3) is 0 Å². The summed E-state index contributed by atoms with van der Waals surface area (Å²) in [6.07, 6.45) is 4.89. The highest BCUT2D eigenvalue weighted by atomic mass is 15.0. The first-order valence-electron chi connectivity index (χ1n) is 4.58. The van der Waals surface area contributed by atoms with Gasteiger partial charge in [-0.05, 0) is 19.4 Å². The van der Waals surface area contributed by atoms with E-state index in [1.54, 1.807) is 0 Å². The number of nitrogens with one attached hydrogen (secondary N) is 1. The van der Waals surface area contributed by atoms with Crippen molar-refractivity contribution in [3.8, 4) is 0 Å². The molecule has 1 fully saturated rings. The Kier molecular flexibility index (Phi) is 3.87. The summed E-state index contributed by atoms with van der Waals surface area (Å²) >= 11 is 0. The van der Waals surface area contributed by atoms with Crippen LogP contribution in [0.2, 0.25) is 0 Å². The van der Waals surface area contributed by atoms with Crippen LogP contribution < -0.4 is 16.8 Å². The molecule has 5 N–H and O–H groups in total. The van der Waals surface area contributed by atoms with Crippen molar-refractivity contribution in [1.29, 1.82) is 0 Å². The zero-order chi connectivity index (χ0) is 8.81. The van der Waals surface area contributed by atoms with Crippen molar-refractivity contribution >= 4 is 5.96 Å². The molecule has 1 aliphatic rings. The fourth-order valence-electron chi connectivity index (χ4n) is 1.50. The van der Waals surface area contributed by atoms with Crippen LogP contribution in [0.1, 0.15) is 25.7 Å². The maximum Gasteiger partial charge on any atom is 0.186 e. The minimum Gasteiger partial charge on any atom is -0.370 e. The van der Waals surface area contributed by atoms with Crippen LogP contribution in [0.25, 0.3) is 0 Å². The average Bonchev–Trinajstić information content (AvgIpc) is 1.93. The summed E-state index contributed by atoms with van der Waals surface area (Å²) in [5.74, 6) is 0.211. The first-order chi connectivity index (χ1) is 5.79. The monoisotopic (exact) mass is 170 g/mol. The Bertz CT molecular complexity index is 143. The molecule has 0 amide bonds. The molecule has 0 aromatic carbocycles. The normalized spacial score (nSPS) is 25.5. The lowest BCUT2D eigenvalue weighted by Gasteiger charge is -2.16.